The summed E-state index contributed by atoms with van der Waals surface area (Å²) in [5, 5.41) is 11.3. The number of rotatable bonds is 15. The monoisotopic (exact) mass is 630 g/mol. The van der Waals surface area contributed by atoms with Gasteiger partial charge in [-0.25, -0.2) is 4.98 Å². The van der Waals surface area contributed by atoms with Crippen LogP contribution < -0.4 is 9.47 Å². The molecule has 2 heterocycles. The van der Waals surface area contributed by atoms with E-state index in [2.05, 4.69) is 16.0 Å². The van der Waals surface area contributed by atoms with Gasteiger partial charge in [-0.05, 0) is 73.9 Å². The summed E-state index contributed by atoms with van der Waals surface area (Å²) in [6, 6.07) is 11.3. The molecule has 1 amide bonds. The van der Waals surface area contributed by atoms with Gasteiger partial charge >= 0.3 is 0 Å². The van der Waals surface area contributed by atoms with Gasteiger partial charge in [0, 0.05) is 50.5 Å². The van der Waals surface area contributed by atoms with Crippen LogP contribution in [0.3, 0.4) is 0 Å². The maximum absolute atomic E-state index is 13.5. The van der Waals surface area contributed by atoms with Crippen molar-refractivity contribution < 1.29 is 19.0 Å². The van der Waals surface area contributed by atoms with E-state index in [4.69, 9.17) is 49.0 Å². The van der Waals surface area contributed by atoms with Crippen LogP contribution in [0.4, 0.5) is 0 Å². The Morgan fingerprint density at radius 1 is 1.05 bits per heavy atom. The van der Waals surface area contributed by atoms with Crippen molar-refractivity contribution in [3.63, 3.8) is 0 Å². The predicted octanol–water partition coefficient (Wildman–Crippen LogP) is 6.66. The summed E-state index contributed by atoms with van der Waals surface area (Å²) >= 11 is 18.9. The third-order valence-corrected chi connectivity index (χ3v) is 7.70. The lowest BCUT2D eigenvalue weighted by atomic mass is 10.00. The highest BCUT2D eigenvalue weighted by atomic mass is 35.5. The number of methoxy groups -OCH3 is 1. The maximum atomic E-state index is 13.5. The zero-order chi connectivity index (χ0) is 30.1. The van der Waals surface area contributed by atoms with Gasteiger partial charge in [0.1, 0.15) is 19.1 Å². The molecular formula is C31H33Cl3N4O4. The molecule has 2 aromatic heterocycles. The summed E-state index contributed by atoms with van der Waals surface area (Å²) in [5.41, 5.74) is 3.43. The van der Waals surface area contributed by atoms with Crippen LogP contribution in [0.5, 0.6) is 11.6 Å². The van der Waals surface area contributed by atoms with Gasteiger partial charge in [0.2, 0.25) is 11.8 Å². The first-order valence-corrected chi connectivity index (χ1v) is 14.9. The fraction of sp³-hybridized carbons (Fsp3) is 0.419. The normalized spacial score (nSPS) is 13.3. The number of hydrogen-bond donors (Lipinski definition) is 0. The molecule has 0 saturated heterocycles. The molecule has 1 aromatic carbocycles. The standard InChI is InChI=1S/C31H33Cl3N4O4/c1-20-12-26(32)30(27(33)13-20)42-11-10-41-29-8-5-21(17-37-29)14-22(16-35)31(39)38(25-6-7-25)19-23-15-24(4-3-9-40-2)36-18-28(23)34/h5,8,12-13,15,17-18,22,25H,3-4,6-7,9-11,14,19H2,1-2H3. The minimum Gasteiger partial charge on any atom is -0.487 e. The minimum absolute atomic E-state index is 0.107. The largest absolute Gasteiger partial charge is 0.487 e. The number of halogens is 3. The molecule has 42 heavy (non-hydrogen) atoms. The van der Waals surface area contributed by atoms with Crippen molar-refractivity contribution in [2.75, 3.05) is 26.9 Å². The van der Waals surface area contributed by atoms with E-state index in [9.17, 15) is 10.1 Å². The summed E-state index contributed by atoms with van der Waals surface area (Å²) in [4.78, 5) is 24.1. The van der Waals surface area contributed by atoms with Gasteiger partial charge in [-0.15, -0.1) is 0 Å². The molecule has 8 nitrogen and oxygen atoms in total. The summed E-state index contributed by atoms with van der Waals surface area (Å²) in [7, 11) is 1.67. The van der Waals surface area contributed by atoms with Gasteiger partial charge in [-0.3, -0.25) is 9.78 Å². The van der Waals surface area contributed by atoms with Crippen molar-refractivity contribution in [2.45, 2.75) is 51.6 Å². The highest BCUT2D eigenvalue weighted by Crippen LogP contribution is 2.34. The first-order chi connectivity index (χ1) is 20.3. The van der Waals surface area contributed by atoms with Crippen molar-refractivity contribution >= 4 is 40.7 Å². The zero-order valence-corrected chi connectivity index (χ0v) is 25.9. The average molecular weight is 632 g/mol. The summed E-state index contributed by atoms with van der Waals surface area (Å²) in [6.07, 6.45) is 6.91. The zero-order valence-electron chi connectivity index (χ0n) is 23.6. The van der Waals surface area contributed by atoms with Crippen molar-refractivity contribution in [3.05, 3.63) is 80.2 Å². The number of aromatic nitrogens is 2. The highest BCUT2D eigenvalue weighted by molar-refractivity contribution is 6.37. The molecule has 11 heteroatoms. The van der Waals surface area contributed by atoms with Crippen molar-refractivity contribution in [3.8, 4) is 17.7 Å². The molecular weight excluding hydrogens is 599 g/mol. The van der Waals surface area contributed by atoms with Crippen LogP contribution in [0.2, 0.25) is 15.1 Å². The van der Waals surface area contributed by atoms with Crippen LogP contribution in [-0.4, -0.2) is 53.7 Å². The Balaban J connectivity index is 1.32. The second-order valence-electron chi connectivity index (χ2n) is 10.2. The minimum atomic E-state index is -0.849. The van der Waals surface area contributed by atoms with E-state index in [0.717, 1.165) is 48.1 Å². The lowest BCUT2D eigenvalue weighted by molar-refractivity contribution is -0.135. The molecule has 4 rings (SSSR count). The fourth-order valence-corrected chi connectivity index (χ4v) is 5.37. The Bertz CT molecular complexity index is 1390. The highest BCUT2D eigenvalue weighted by Gasteiger charge is 2.36. The Morgan fingerprint density at radius 3 is 2.43 bits per heavy atom. The lowest BCUT2D eigenvalue weighted by Gasteiger charge is -2.25. The van der Waals surface area contributed by atoms with Crippen LogP contribution in [0, 0.1) is 24.2 Å². The van der Waals surface area contributed by atoms with E-state index >= 15 is 0 Å². The van der Waals surface area contributed by atoms with E-state index < -0.39 is 5.92 Å². The molecule has 222 valence electrons. The molecule has 1 unspecified atom stereocenters. The van der Waals surface area contributed by atoms with Gasteiger partial charge in [-0.2, -0.15) is 5.26 Å². The number of benzene rings is 1. The van der Waals surface area contributed by atoms with Crippen molar-refractivity contribution in [1.82, 2.24) is 14.9 Å². The molecule has 1 aliphatic carbocycles. The van der Waals surface area contributed by atoms with E-state index in [0.29, 0.717) is 39.8 Å². The predicted molar refractivity (Wildman–Crippen MR) is 162 cm³/mol. The summed E-state index contributed by atoms with van der Waals surface area (Å²) in [6.45, 7) is 3.34. The Hall–Kier alpha value is -3.09. The summed E-state index contributed by atoms with van der Waals surface area (Å²) < 4.78 is 16.5. The van der Waals surface area contributed by atoms with E-state index in [-0.39, 0.29) is 31.6 Å². The maximum Gasteiger partial charge on any atom is 0.240 e. The number of nitriles is 1. The number of hydrogen-bond acceptors (Lipinski definition) is 7. The number of pyridine rings is 2. The second kappa shape index (κ2) is 15.4. The smallest absolute Gasteiger partial charge is 0.240 e. The van der Waals surface area contributed by atoms with E-state index in [1.807, 2.05) is 19.1 Å². The number of aryl methyl sites for hydroxylation is 2. The van der Waals surface area contributed by atoms with Gasteiger partial charge in [0.15, 0.2) is 5.75 Å². The van der Waals surface area contributed by atoms with Gasteiger partial charge < -0.3 is 19.1 Å². The Kier molecular flexibility index (Phi) is 11.7. The molecule has 0 radical (unpaired) electrons. The van der Waals surface area contributed by atoms with Gasteiger partial charge in [0.05, 0.1) is 21.1 Å². The third-order valence-electron chi connectivity index (χ3n) is 6.80. The first kappa shape index (κ1) is 31.8. The van der Waals surface area contributed by atoms with Gasteiger partial charge in [0.25, 0.3) is 0 Å². The third kappa shape index (κ3) is 8.95. The SMILES string of the molecule is COCCCc1cc(CN(C(=O)C(C#N)Cc2ccc(OCCOc3c(Cl)cc(C)cc3Cl)nc2)C2CC2)c(Cl)cn1. The first-order valence-electron chi connectivity index (χ1n) is 13.8. The second-order valence-corrected chi connectivity index (χ2v) is 11.4. The Morgan fingerprint density at radius 2 is 1.79 bits per heavy atom. The molecule has 0 N–H and O–H groups in total. The molecule has 1 saturated carbocycles. The van der Waals surface area contributed by atoms with E-state index in [1.54, 1.807) is 42.6 Å². The number of nitrogens with zero attached hydrogens (tertiary/aromatic N) is 4. The average Bonchev–Trinajstić information content (AvgIpc) is 3.81. The van der Waals surface area contributed by atoms with Crippen molar-refractivity contribution in [2.24, 2.45) is 5.92 Å². The van der Waals surface area contributed by atoms with Crippen molar-refractivity contribution in [1.29, 1.82) is 5.26 Å². The quantitative estimate of drug-likeness (QED) is 0.173. The molecule has 3 aromatic rings. The summed E-state index contributed by atoms with van der Waals surface area (Å²) in [5.74, 6) is -0.244. The molecule has 1 fully saturated rings. The van der Waals surface area contributed by atoms with Crippen LogP contribution in [0.25, 0.3) is 0 Å². The van der Waals surface area contributed by atoms with Crippen LogP contribution >= 0.6 is 34.8 Å². The fourth-order valence-electron chi connectivity index (χ4n) is 4.50. The number of carbonyl (C=O) groups is 1. The van der Waals surface area contributed by atoms with Gasteiger partial charge in [-0.1, -0.05) is 40.9 Å². The topological polar surface area (TPSA) is 97.6 Å². The molecule has 0 spiro atoms. The van der Waals surface area contributed by atoms with Crippen LogP contribution in [-0.2, 0) is 28.9 Å². The molecule has 0 bridgehead atoms. The molecule has 1 atom stereocenters. The number of amides is 1. The number of carbonyl (C=O) groups excluding carboxylic acids is 1. The lowest BCUT2D eigenvalue weighted by Crippen LogP contribution is -2.38. The number of ether oxygens (including phenoxy) is 3. The Labute approximate surface area is 261 Å². The molecule has 0 aliphatic heterocycles. The molecule has 1 aliphatic rings. The van der Waals surface area contributed by atoms with Crippen LogP contribution in [0.1, 0.15) is 41.6 Å². The van der Waals surface area contributed by atoms with Crippen LogP contribution in [0.15, 0.2) is 42.7 Å². The van der Waals surface area contributed by atoms with E-state index in [1.165, 1.54) is 0 Å².